The van der Waals surface area contributed by atoms with Gasteiger partial charge in [0.15, 0.2) is 0 Å². The minimum atomic E-state index is -2.79. The Bertz CT molecular complexity index is 663. The van der Waals surface area contributed by atoms with Gasteiger partial charge in [-0.1, -0.05) is 0 Å². The molecule has 0 radical (unpaired) electrons. The van der Waals surface area contributed by atoms with E-state index in [1.54, 1.807) is 4.90 Å². The van der Waals surface area contributed by atoms with Crippen molar-refractivity contribution in [2.45, 2.75) is 69.5 Å². The van der Waals surface area contributed by atoms with Crippen molar-refractivity contribution in [3.8, 4) is 0 Å². The number of likely N-dealkylation sites (tertiary alicyclic amines) is 3. The first-order valence-electron chi connectivity index (χ1n) is 11.3. The van der Waals surface area contributed by atoms with Crippen LogP contribution < -0.4 is 5.32 Å². The topological polar surface area (TPSA) is 65.1 Å². The smallest absolute Gasteiger partial charge is 0.409 e. The maximum absolute atomic E-state index is 14.0. The second kappa shape index (κ2) is 8.22. The Balaban J connectivity index is 1.26. The zero-order valence-corrected chi connectivity index (χ0v) is 18.0. The first kappa shape index (κ1) is 21.7. The van der Waals surface area contributed by atoms with E-state index < -0.39 is 12.0 Å². The number of rotatable bonds is 4. The van der Waals surface area contributed by atoms with E-state index in [9.17, 15) is 18.4 Å². The quantitative estimate of drug-likeness (QED) is 0.741. The molecule has 1 N–H and O–H groups in total. The lowest BCUT2D eigenvalue weighted by molar-refractivity contribution is -0.126. The van der Waals surface area contributed by atoms with Gasteiger partial charge in [0.1, 0.15) is 0 Å². The summed E-state index contributed by atoms with van der Waals surface area (Å²) < 4.78 is 33.1. The molecule has 9 heteroatoms. The molecule has 0 aromatic rings. The fourth-order valence-electron chi connectivity index (χ4n) is 6.06. The molecule has 3 heterocycles. The lowest BCUT2D eigenvalue weighted by Gasteiger charge is -2.52. The van der Waals surface area contributed by atoms with E-state index in [-0.39, 0.29) is 36.4 Å². The van der Waals surface area contributed by atoms with E-state index in [1.165, 1.54) is 7.05 Å². The molecule has 3 saturated heterocycles. The summed E-state index contributed by atoms with van der Waals surface area (Å²) in [5.41, 5.74) is 0.232. The summed E-state index contributed by atoms with van der Waals surface area (Å²) in [6.07, 6.45) is 4.28. The first-order valence-corrected chi connectivity index (χ1v) is 11.3. The molecule has 0 bridgehead atoms. The number of hydrogen-bond acceptors (Lipinski definition) is 5. The molecular formula is C21H34F2N4O3. The molecule has 3 aliphatic heterocycles. The zero-order chi connectivity index (χ0) is 21.5. The van der Waals surface area contributed by atoms with Crippen LogP contribution in [-0.4, -0.2) is 97.1 Å². The highest BCUT2D eigenvalue weighted by Crippen LogP contribution is 2.50. The van der Waals surface area contributed by atoms with Crippen LogP contribution in [0.5, 0.6) is 0 Å². The van der Waals surface area contributed by atoms with Crippen molar-refractivity contribution in [1.29, 1.82) is 0 Å². The van der Waals surface area contributed by atoms with E-state index >= 15 is 0 Å². The van der Waals surface area contributed by atoms with E-state index in [0.29, 0.717) is 12.6 Å². The number of likely N-dealkylation sites (N-methyl/N-ethyl adjacent to an activating group) is 1. The predicted molar refractivity (Wildman–Crippen MR) is 107 cm³/mol. The molecule has 4 aliphatic rings. The van der Waals surface area contributed by atoms with E-state index in [4.69, 9.17) is 4.74 Å². The van der Waals surface area contributed by atoms with Crippen molar-refractivity contribution in [2.75, 3.05) is 46.4 Å². The third kappa shape index (κ3) is 4.15. The van der Waals surface area contributed by atoms with Crippen LogP contribution in [0.2, 0.25) is 0 Å². The number of amides is 2. The Kier molecular flexibility index (Phi) is 5.96. The van der Waals surface area contributed by atoms with Crippen LogP contribution in [0.25, 0.3) is 0 Å². The molecule has 7 nitrogen and oxygen atoms in total. The minimum Gasteiger partial charge on any atom is -0.450 e. The van der Waals surface area contributed by atoms with Gasteiger partial charge in [0.2, 0.25) is 5.91 Å². The second-order valence-corrected chi connectivity index (χ2v) is 9.56. The number of carbonyl (C=O) groups is 2. The first-order chi connectivity index (χ1) is 14.3. The van der Waals surface area contributed by atoms with Crippen molar-refractivity contribution >= 4 is 12.0 Å². The monoisotopic (exact) mass is 428 g/mol. The highest BCUT2D eigenvalue weighted by molar-refractivity contribution is 5.82. The van der Waals surface area contributed by atoms with E-state index in [2.05, 4.69) is 10.2 Å². The number of carbonyl (C=O) groups excluding carboxylic acids is 2. The van der Waals surface area contributed by atoms with Crippen LogP contribution in [0.3, 0.4) is 0 Å². The SMILES string of the molecule is CCOC(=O)N1CCC2(CC(N3CCC(N4CC(F)(F)C[C@@H]4C(=O)NC)CC3)C2)C1. The lowest BCUT2D eigenvalue weighted by Crippen LogP contribution is -2.57. The molecule has 0 unspecified atom stereocenters. The van der Waals surface area contributed by atoms with Gasteiger partial charge in [-0.05, 0) is 57.5 Å². The summed E-state index contributed by atoms with van der Waals surface area (Å²) in [7, 11) is 1.51. The second-order valence-electron chi connectivity index (χ2n) is 9.56. The van der Waals surface area contributed by atoms with Crippen LogP contribution in [-0.2, 0) is 9.53 Å². The number of alkyl halides is 2. The van der Waals surface area contributed by atoms with Gasteiger partial charge in [0.05, 0.1) is 19.2 Å². The normalized spacial score (nSPS) is 34.9. The fourth-order valence-corrected chi connectivity index (χ4v) is 6.06. The molecular weight excluding hydrogens is 394 g/mol. The Morgan fingerprint density at radius 2 is 1.77 bits per heavy atom. The van der Waals surface area contributed by atoms with Gasteiger partial charge < -0.3 is 19.9 Å². The number of hydrogen-bond donors (Lipinski definition) is 1. The standard InChI is InChI=1S/C21H34F2N4O3/c1-3-30-19(29)26-9-6-20(13-26)10-16(11-20)25-7-4-15(5-8-25)27-14-21(22,23)12-17(27)18(28)24-2/h15-17H,3-14H2,1-2H3,(H,24,28)/t16?,17-,20?/m1/s1. The molecule has 4 rings (SSSR count). The Morgan fingerprint density at radius 1 is 1.07 bits per heavy atom. The molecule has 170 valence electrons. The number of ether oxygens (including phenoxy) is 1. The van der Waals surface area contributed by atoms with Crippen LogP contribution >= 0.6 is 0 Å². The van der Waals surface area contributed by atoms with E-state index in [0.717, 1.165) is 58.3 Å². The van der Waals surface area contributed by atoms with Crippen molar-refractivity contribution < 1.29 is 23.1 Å². The van der Waals surface area contributed by atoms with Gasteiger partial charge in [-0.25, -0.2) is 13.6 Å². The van der Waals surface area contributed by atoms with Crippen LogP contribution in [0, 0.1) is 5.41 Å². The summed E-state index contributed by atoms with van der Waals surface area (Å²) >= 11 is 0. The Labute approximate surface area is 177 Å². The number of nitrogens with zero attached hydrogens (tertiary/aromatic N) is 3. The van der Waals surface area contributed by atoms with Crippen molar-refractivity contribution in [2.24, 2.45) is 5.41 Å². The van der Waals surface area contributed by atoms with Crippen LogP contribution in [0.15, 0.2) is 0 Å². The molecule has 1 aliphatic carbocycles. The van der Waals surface area contributed by atoms with Crippen molar-refractivity contribution in [1.82, 2.24) is 20.0 Å². The molecule has 0 aromatic heterocycles. The maximum Gasteiger partial charge on any atom is 0.409 e. The largest absolute Gasteiger partial charge is 0.450 e. The van der Waals surface area contributed by atoms with Crippen LogP contribution in [0.1, 0.15) is 45.4 Å². The highest BCUT2D eigenvalue weighted by Gasteiger charge is 2.53. The third-order valence-corrected chi connectivity index (χ3v) is 7.64. The van der Waals surface area contributed by atoms with Gasteiger partial charge in [-0.15, -0.1) is 0 Å². The number of nitrogens with one attached hydrogen (secondary N) is 1. The van der Waals surface area contributed by atoms with Gasteiger partial charge in [-0.3, -0.25) is 9.69 Å². The van der Waals surface area contributed by atoms with Gasteiger partial charge in [0.25, 0.3) is 5.92 Å². The molecule has 30 heavy (non-hydrogen) atoms. The number of halogens is 2. The summed E-state index contributed by atoms with van der Waals surface area (Å²) in [6.45, 7) is 5.25. The molecule has 2 amide bonds. The molecule has 0 aromatic carbocycles. The molecule has 1 atom stereocenters. The Morgan fingerprint density at radius 3 is 2.40 bits per heavy atom. The van der Waals surface area contributed by atoms with Crippen LogP contribution in [0.4, 0.5) is 13.6 Å². The van der Waals surface area contributed by atoms with Crippen molar-refractivity contribution in [3.63, 3.8) is 0 Å². The minimum absolute atomic E-state index is 0.0387. The maximum atomic E-state index is 14.0. The molecule has 1 saturated carbocycles. The van der Waals surface area contributed by atoms with Gasteiger partial charge >= 0.3 is 6.09 Å². The fraction of sp³-hybridized carbons (Fsp3) is 0.905. The van der Waals surface area contributed by atoms with E-state index in [1.807, 2.05) is 11.8 Å². The lowest BCUT2D eigenvalue weighted by atomic mass is 9.64. The van der Waals surface area contributed by atoms with Crippen molar-refractivity contribution in [3.05, 3.63) is 0 Å². The summed E-state index contributed by atoms with van der Waals surface area (Å²) in [4.78, 5) is 30.1. The zero-order valence-electron chi connectivity index (χ0n) is 18.0. The summed E-state index contributed by atoms with van der Waals surface area (Å²) in [6, 6.07) is -0.166. The predicted octanol–water partition coefficient (Wildman–Crippen LogP) is 1.92. The molecule has 1 spiro atoms. The average molecular weight is 429 g/mol. The number of piperidine rings is 1. The van der Waals surface area contributed by atoms with Gasteiger partial charge in [0, 0.05) is 38.6 Å². The summed E-state index contributed by atoms with van der Waals surface area (Å²) in [5, 5.41) is 2.54. The average Bonchev–Trinajstić information content (AvgIpc) is 3.28. The van der Waals surface area contributed by atoms with Gasteiger partial charge in [-0.2, -0.15) is 0 Å². The molecule has 4 fully saturated rings. The summed E-state index contributed by atoms with van der Waals surface area (Å²) in [5.74, 6) is -3.09. The Hall–Kier alpha value is -1.48. The third-order valence-electron chi connectivity index (χ3n) is 7.64. The highest BCUT2D eigenvalue weighted by atomic mass is 19.3.